The van der Waals surface area contributed by atoms with E-state index < -0.39 is 0 Å². The van der Waals surface area contributed by atoms with E-state index in [0.29, 0.717) is 0 Å². The van der Waals surface area contributed by atoms with Crippen LogP contribution in [-0.4, -0.2) is 71.5 Å². The van der Waals surface area contributed by atoms with Crippen LogP contribution in [-0.2, 0) is 9.53 Å². The molecule has 166 valence electrons. The van der Waals surface area contributed by atoms with Crippen LogP contribution in [0.4, 0.5) is 17.1 Å². The Labute approximate surface area is 184 Å². The number of piperazine rings is 1. The smallest absolute Gasteiger partial charge is 0.282 e. The molecular formula is C24H33N4O3+. The molecule has 0 radical (unpaired) electrons. The highest BCUT2D eigenvalue weighted by molar-refractivity contribution is 5.93. The van der Waals surface area contributed by atoms with E-state index in [-0.39, 0.29) is 11.9 Å². The Morgan fingerprint density at radius 2 is 1.68 bits per heavy atom. The van der Waals surface area contributed by atoms with E-state index in [4.69, 9.17) is 9.47 Å². The van der Waals surface area contributed by atoms with Crippen molar-refractivity contribution in [1.82, 2.24) is 0 Å². The summed E-state index contributed by atoms with van der Waals surface area (Å²) in [5, 5.41) is 3.09. The largest absolute Gasteiger partial charge is 0.495 e. The summed E-state index contributed by atoms with van der Waals surface area (Å²) in [5.41, 5.74) is 3.15. The Hall–Kier alpha value is -2.77. The summed E-state index contributed by atoms with van der Waals surface area (Å²) in [6, 6.07) is 16.2. The summed E-state index contributed by atoms with van der Waals surface area (Å²) >= 11 is 0. The van der Waals surface area contributed by atoms with Crippen LogP contribution in [0, 0.1) is 0 Å². The van der Waals surface area contributed by atoms with Crippen molar-refractivity contribution >= 4 is 23.0 Å². The van der Waals surface area contributed by atoms with Crippen molar-refractivity contribution in [2.75, 3.05) is 74.7 Å². The second kappa shape index (κ2) is 10.0. The Morgan fingerprint density at radius 3 is 2.35 bits per heavy atom. The highest BCUT2D eigenvalue weighted by Crippen LogP contribution is 2.27. The minimum absolute atomic E-state index is 0.0693. The molecule has 2 aliphatic rings. The molecule has 2 fully saturated rings. The van der Waals surface area contributed by atoms with Gasteiger partial charge in [-0.2, -0.15) is 0 Å². The van der Waals surface area contributed by atoms with Crippen molar-refractivity contribution < 1.29 is 19.2 Å². The van der Waals surface area contributed by atoms with Crippen molar-refractivity contribution in [1.29, 1.82) is 0 Å². The number of nitrogens with zero attached hydrogens (tertiary/aromatic N) is 2. The molecule has 7 heteroatoms. The number of hydrogen-bond acceptors (Lipinski definition) is 5. The van der Waals surface area contributed by atoms with E-state index in [1.165, 1.54) is 10.6 Å². The van der Waals surface area contributed by atoms with Crippen LogP contribution in [0.15, 0.2) is 48.5 Å². The molecule has 0 unspecified atom stereocenters. The monoisotopic (exact) mass is 425 g/mol. The molecule has 7 nitrogen and oxygen atoms in total. The van der Waals surface area contributed by atoms with Crippen molar-refractivity contribution in [3.05, 3.63) is 48.5 Å². The zero-order valence-electron chi connectivity index (χ0n) is 18.5. The molecular weight excluding hydrogens is 392 g/mol. The molecule has 0 spiro atoms. The molecule has 0 aromatic heterocycles. The maximum Gasteiger partial charge on any atom is 0.282 e. The minimum atomic E-state index is -0.0984. The first-order chi connectivity index (χ1) is 15.2. The van der Waals surface area contributed by atoms with Gasteiger partial charge >= 0.3 is 0 Å². The number of carbonyl (C=O) groups excluding carboxylic acids is 1. The predicted octanol–water partition coefficient (Wildman–Crippen LogP) is 1.26. The van der Waals surface area contributed by atoms with E-state index in [1.54, 1.807) is 7.11 Å². The lowest BCUT2D eigenvalue weighted by Gasteiger charge is -2.36. The number of morpholine rings is 1. The summed E-state index contributed by atoms with van der Waals surface area (Å²) in [4.78, 5) is 18.8. The molecule has 1 atom stereocenters. The number of anilines is 3. The van der Waals surface area contributed by atoms with Gasteiger partial charge in [-0.05, 0) is 43.3 Å². The van der Waals surface area contributed by atoms with Gasteiger partial charge in [0, 0.05) is 24.5 Å². The van der Waals surface area contributed by atoms with E-state index in [9.17, 15) is 4.79 Å². The van der Waals surface area contributed by atoms with Gasteiger partial charge in [-0.1, -0.05) is 12.1 Å². The number of amides is 1. The van der Waals surface area contributed by atoms with E-state index in [0.717, 1.165) is 69.6 Å². The van der Waals surface area contributed by atoms with Crippen LogP contribution >= 0.6 is 0 Å². The number of benzene rings is 2. The number of rotatable bonds is 6. The minimum Gasteiger partial charge on any atom is -0.495 e. The molecule has 2 aromatic rings. The molecule has 2 N–H and O–H groups in total. The van der Waals surface area contributed by atoms with Crippen LogP contribution in [0.1, 0.15) is 6.92 Å². The molecule has 1 amide bonds. The zero-order valence-corrected chi connectivity index (χ0v) is 18.5. The Balaban J connectivity index is 1.29. The fourth-order valence-electron chi connectivity index (χ4n) is 4.37. The topological polar surface area (TPSA) is 58.5 Å². The fourth-order valence-corrected chi connectivity index (χ4v) is 4.37. The van der Waals surface area contributed by atoms with Crippen LogP contribution in [0.25, 0.3) is 0 Å². The van der Waals surface area contributed by atoms with Gasteiger partial charge in [-0.3, -0.25) is 4.79 Å². The number of nitrogens with one attached hydrogen (secondary N) is 2. The molecule has 2 aliphatic heterocycles. The lowest BCUT2D eigenvalue weighted by atomic mass is 10.1. The number of methoxy groups -OCH3 is 1. The normalized spacial score (nSPS) is 18.5. The van der Waals surface area contributed by atoms with Crippen molar-refractivity contribution in [3.63, 3.8) is 0 Å². The summed E-state index contributed by atoms with van der Waals surface area (Å²) < 4.78 is 10.9. The summed E-state index contributed by atoms with van der Waals surface area (Å²) in [5.74, 6) is 0.970. The van der Waals surface area contributed by atoms with E-state index in [1.807, 2.05) is 37.3 Å². The highest BCUT2D eigenvalue weighted by atomic mass is 16.5. The number of hydrogen-bond donors (Lipinski definition) is 2. The summed E-state index contributed by atoms with van der Waals surface area (Å²) in [6.45, 7) is 9.02. The molecule has 0 bridgehead atoms. The van der Waals surface area contributed by atoms with Gasteiger partial charge in [0.15, 0.2) is 6.04 Å². The van der Waals surface area contributed by atoms with Gasteiger partial charge in [0.25, 0.3) is 5.91 Å². The average molecular weight is 426 g/mol. The predicted molar refractivity (Wildman–Crippen MR) is 123 cm³/mol. The molecule has 2 aromatic carbocycles. The molecule has 4 rings (SSSR count). The van der Waals surface area contributed by atoms with Gasteiger partial charge in [-0.25, -0.2) is 0 Å². The molecule has 31 heavy (non-hydrogen) atoms. The van der Waals surface area contributed by atoms with Gasteiger partial charge in [0.05, 0.1) is 52.2 Å². The Bertz CT molecular complexity index is 859. The average Bonchev–Trinajstić information content (AvgIpc) is 2.84. The first-order valence-electron chi connectivity index (χ1n) is 11.1. The maximum atomic E-state index is 12.9. The lowest BCUT2D eigenvalue weighted by Crippen LogP contribution is -3.19. The summed E-state index contributed by atoms with van der Waals surface area (Å²) in [6.07, 6.45) is 0. The van der Waals surface area contributed by atoms with Gasteiger partial charge in [-0.15, -0.1) is 0 Å². The third-order valence-electron chi connectivity index (χ3n) is 6.35. The van der Waals surface area contributed by atoms with Crippen molar-refractivity contribution in [2.24, 2.45) is 0 Å². The van der Waals surface area contributed by atoms with E-state index in [2.05, 4.69) is 33.3 Å². The van der Waals surface area contributed by atoms with Crippen LogP contribution < -0.4 is 24.8 Å². The fraction of sp³-hybridized carbons (Fsp3) is 0.458. The second-order valence-electron chi connectivity index (χ2n) is 8.17. The third-order valence-corrected chi connectivity index (χ3v) is 6.35. The molecule has 0 saturated carbocycles. The van der Waals surface area contributed by atoms with Gasteiger partial charge in [0.1, 0.15) is 5.75 Å². The zero-order chi connectivity index (χ0) is 21.6. The second-order valence-corrected chi connectivity index (χ2v) is 8.17. The van der Waals surface area contributed by atoms with Crippen molar-refractivity contribution in [3.8, 4) is 5.75 Å². The number of para-hydroxylation sites is 2. The maximum absolute atomic E-state index is 12.9. The van der Waals surface area contributed by atoms with E-state index >= 15 is 0 Å². The number of quaternary nitrogens is 1. The Kier molecular flexibility index (Phi) is 6.94. The quantitative estimate of drug-likeness (QED) is 0.730. The van der Waals surface area contributed by atoms with Crippen LogP contribution in [0.3, 0.4) is 0 Å². The standard InChI is InChI=1S/C24H32N4O3/c1-19(26-11-13-28(14-12-26)22-5-3-4-6-23(22)30-2)24(29)25-20-7-9-21(10-8-20)27-15-17-31-18-16-27/h3-10,19H,11-18H2,1-2H3,(H,25,29)/p+1/t19-/m0/s1. The number of carbonyl (C=O) groups is 1. The first kappa shape index (κ1) is 21.5. The third kappa shape index (κ3) is 5.11. The lowest BCUT2D eigenvalue weighted by molar-refractivity contribution is -0.914. The van der Waals surface area contributed by atoms with Gasteiger partial charge in [0.2, 0.25) is 0 Å². The highest BCUT2D eigenvalue weighted by Gasteiger charge is 2.30. The van der Waals surface area contributed by atoms with Crippen molar-refractivity contribution in [2.45, 2.75) is 13.0 Å². The van der Waals surface area contributed by atoms with Crippen LogP contribution in [0.5, 0.6) is 5.75 Å². The SMILES string of the molecule is COc1ccccc1N1CC[NH+]([C@@H](C)C(=O)Nc2ccc(N3CCOCC3)cc2)CC1. The Morgan fingerprint density at radius 1 is 1.00 bits per heavy atom. The molecule has 0 aliphatic carbocycles. The molecule has 2 saturated heterocycles. The number of ether oxygens (including phenoxy) is 2. The summed E-state index contributed by atoms with van der Waals surface area (Å²) in [7, 11) is 1.71. The van der Waals surface area contributed by atoms with Gasteiger partial charge < -0.3 is 29.5 Å². The molecule has 2 heterocycles. The first-order valence-corrected chi connectivity index (χ1v) is 11.1. The van der Waals surface area contributed by atoms with Crippen LogP contribution in [0.2, 0.25) is 0 Å².